The topological polar surface area (TPSA) is 79.8 Å². The fourth-order valence-electron chi connectivity index (χ4n) is 2.15. The molecule has 124 valence electrons. The van der Waals surface area contributed by atoms with Gasteiger partial charge < -0.3 is 5.32 Å². The van der Waals surface area contributed by atoms with E-state index < -0.39 is 0 Å². The maximum Gasteiger partial charge on any atom is 0.343 e. The number of thioether (sulfide) groups is 1. The van der Waals surface area contributed by atoms with Crippen LogP contribution in [-0.2, 0) is 11.3 Å². The summed E-state index contributed by atoms with van der Waals surface area (Å²) in [5, 5.41) is 10.4. The lowest BCUT2D eigenvalue weighted by Crippen LogP contribution is -2.28. The van der Waals surface area contributed by atoms with Gasteiger partial charge in [0.25, 0.3) is 0 Å². The predicted octanol–water partition coefficient (Wildman–Crippen LogP) is 2.60. The Labute approximate surface area is 143 Å². The van der Waals surface area contributed by atoms with E-state index in [2.05, 4.69) is 15.5 Å². The fraction of sp³-hybridized carbons (Fsp3) is 0.400. The molecule has 6 nitrogen and oxygen atoms in total. The van der Waals surface area contributed by atoms with Gasteiger partial charge in [0, 0.05) is 11.6 Å². The average Bonchev–Trinajstić information content (AvgIpc) is 2.87. The SMILES string of the molecule is CCCn1c(SCC(=O)NC(C)c2ccccc2Cl)n[nH]c1=O. The molecule has 0 saturated carbocycles. The average molecular weight is 355 g/mol. The van der Waals surface area contributed by atoms with Crippen molar-refractivity contribution in [2.45, 2.75) is 38.0 Å². The minimum atomic E-state index is -0.251. The molecule has 0 bridgehead atoms. The molecule has 1 aromatic carbocycles. The van der Waals surface area contributed by atoms with E-state index in [1.807, 2.05) is 32.0 Å². The van der Waals surface area contributed by atoms with E-state index in [0.717, 1.165) is 12.0 Å². The molecule has 23 heavy (non-hydrogen) atoms. The zero-order chi connectivity index (χ0) is 16.8. The van der Waals surface area contributed by atoms with Gasteiger partial charge in [-0.15, -0.1) is 5.10 Å². The summed E-state index contributed by atoms with van der Waals surface area (Å²) in [4.78, 5) is 23.7. The van der Waals surface area contributed by atoms with Crippen molar-refractivity contribution in [1.82, 2.24) is 20.1 Å². The second-order valence-electron chi connectivity index (χ2n) is 5.06. The van der Waals surface area contributed by atoms with E-state index in [4.69, 9.17) is 11.6 Å². The second kappa shape index (κ2) is 8.21. The zero-order valence-electron chi connectivity index (χ0n) is 13.0. The van der Waals surface area contributed by atoms with Crippen LogP contribution in [0.4, 0.5) is 0 Å². The molecule has 0 radical (unpaired) electrons. The normalized spacial score (nSPS) is 12.1. The summed E-state index contributed by atoms with van der Waals surface area (Å²) < 4.78 is 1.54. The van der Waals surface area contributed by atoms with Gasteiger partial charge in [-0.05, 0) is 25.0 Å². The van der Waals surface area contributed by atoms with E-state index in [1.54, 1.807) is 6.07 Å². The van der Waals surface area contributed by atoms with Crippen LogP contribution in [0.3, 0.4) is 0 Å². The van der Waals surface area contributed by atoms with Crippen molar-refractivity contribution in [3.05, 3.63) is 45.3 Å². The molecule has 0 aliphatic heterocycles. The van der Waals surface area contributed by atoms with Crippen molar-refractivity contribution >= 4 is 29.3 Å². The van der Waals surface area contributed by atoms with E-state index in [9.17, 15) is 9.59 Å². The van der Waals surface area contributed by atoms with Crippen molar-refractivity contribution in [2.24, 2.45) is 0 Å². The molecule has 8 heteroatoms. The number of rotatable bonds is 7. The van der Waals surface area contributed by atoms with Crippen molar-refractivity contribution < 1.29 is 4.79 Å². The monoisotopic (exact) mass is 354 g/mol. The fourth-order valence-corrected chi connectivity index (χ4v) is 3.23. The Morgan fingerprint density at radius 2 is 2.22 bits per heavy atom. The molecular weight excluding hydrogens is 336 g/mol. The Hall–Kier alpha value is -1.73. The predicted molar refractivity (Wildman–Crippen MR) is 91.9 cm³/mol. The first kappa shape index (κ1) is 17.6. The van der Waals surface area contributed by atoms with Gasteiger partial charge in [-0.3, -0.25) is 9.36 Å². The van der Waals surface area contributed by atoms with Crippen molar-refractivity contribution in [3.63, 3.8) is 0 Å². The number of carbonyl (C=O) groups is 1. The molecule has 0 aliphatic carbocycles. The summed E-state index contributed by atoms with van der Waals surface area (Å²) in [7, 11) is 0. The molecule has 0 saturated heterocycles. The summed E-state index contributed by atoms with van der Waals surface area (Å²) in [5.41, 5.74) is 0.620. The largest absolute Gasteiger partial charge is 0.349 e. The van der Waals surface area contributed by atoms with Gasteiger partial charge in [-0.1, -0.05) is 48.5 Å². The van der Waals surface area contributed by atoms with Crippen LogP contribution in [0.5, 0.6) is 0 Å². The molecule has 1 atom stereocenters. The van der Waals surface area contributed by atoms with Crippen LogP contribution < -0.4 is 11.0 Å². The number of nitrogens with zero attached hydrogens (tertiary/aromatic N) is 2. The number of benzene rings is 1. The third kappa shape index (κ3) is 4.62. The number of aromatic amines is 1. The Bertz CT molecular complexity index is 728. The van der Waals surface area contributed by atoms with Gasteiger partial charge >= 0.3 is 5.69 Å². The summed E-state index contributed by atoms with van der Waals surface area (Å²) >= 11 is 7.36. The van der Waals surface area contributed by atoms with Gasteiger partial charge in [-0.2, -0.15) is 0 Å². The molecule has 2 N–H and O–H groups in total. The van der Waals surface area contributed by atoms with Crippen LogP contribution in [0, 0.1) is 0 Å². The van der Waals surface area contributed by atoms with Crippen LogP contribution in [-0.4, -0.2) is 26.4 Å². The van der Waals surface area contributed by atoms with Crippen LogP contribution in [0.1, 0.15) is 31.9 Å². The first-order valence-corrected chi connectivity index (χ1v) is 8.71. The number of carbonyl (C=O) groups excluding carboxylic acids is 1. The van der Waals surface area contributed by atoms with E-state index in [1.165, 1.54) is 16.3 Å². The molecule has 1 aromatic heterocycles. The lowest BCUT2D eigenvalue weighted by Gasteiger charge is -2.15. The molecule has 2 rings (SSSR count). The Morgan fingerprint density at radius 1 is 1.48 bits per heavy atom. The van der Waals surface area contributed by atoms with Crippen molar-refractivity contribution in [3.8, 4) is 0 Å². The number of amides is 1. The van der Waals surface area contributed by atoms with Crippen LogP contribution >= 0.6 is 23.4 Å². The smallest absolute Gasteiger partial charge is 0.343 e. The van der Waals surface area contributed by atoms with E-state index in [0.29, 0.717) is 16.7 Å². The maximum atomic E-state index is 12.1. The number of halogens is 1. The standard InChI is InChI=1S/C15H19ClN4O2S/c1-3-8-20-14(22)18-19-15(20)23-9-13(21)17-10(2)11-6-4-5-7-12(11)16/h4-7,10H,3,8-9H2,1-2H3,(H,17,21)(H,18,22). The maximum absolute atomic E-state index is 12.1. The number of aromatic nitrogens is 3. The minimum Gasteiger partial charge on any atom is -0.349 e. The van der Waals surface area contributed by atoms with E-state index in [-0.39, 0.29) is 23.4 Å². The van der Waals surface area contributed by atoms with Gasteiger partial charge in [0.2, 0.25) is 5.91 Å². The van der Waals surface area contributed by atoms with Crippen molar-refractivity contribution in [1.29, 1.82) is 0 Å². The molecule has 1 heterocycles. The number of hydrogen-bond donors (Lipinski definition) is 2. The quantitative estimate of drug-likeness (QED) is 0.749. The molecule has 2 aromatic rings. The summed E-state index contributed by atoms with van der Waals surface area (Å²) in [5.74, 6) is 0.0453. The Morgan fingerprint density at radius 3 is 2.91 bits per heavy atom. The molecule has 1 unspecified atom stereocenters. The summed E-state index contributed by atoms with van der Waals surface area (Å²) in [6.45, 7) is 4.44. The summed E-state index contributed by atoms with van der Waals surface area (Å²) in [6.07, 6.45) is 0.822. The van der Waals surface area contributed by atoms with Gasteiger partial charge in [0.15, 0.2) is 5.16 Å². The zero-order valence-corrected chi connectivity index (χ0v) is 14.6. The molecule has 0 spiro atoms. The number of hydrogen-bond acceptors (Lipinski definition) is 4. The van der Waals surface area contributed by atoms with Crippen molar-refractivity contribution in [2.75, 3.05) is 5.75 Å². The highest BCUT2D eigenvalue weighted by atomic mass is 35.5. The molecule has 0 aliphatic rings. The summed E-state index contributed by atoms with van der Waals surface area (Å²) in [6, 6.07) is 7.22. The van der Waals surface area contributed by atoms with Crippen LogP contribution in [0.25, 0.3) is 0 Å². The van der Waals surface area contributed by atoms with E-state index >= 15 is 0 Å². The highest BCUT2D eigenvalue weighted by molar-refractivity contribution is 7.99. The molecule has 1 amide bonds. The highest BCUT2D eigenvalue weighted by Crippen LogP contribution is 2.22. The van der Waals surface area contributed by atoms with Gasteiger partial charge in [-0.25, -0.2) is 9.89 Å². The molecule has 0 fully saturated rings. The van der Waals surface area contributed by atoms with Gasteiger partial charge in [0.05, 0.1) is 11.8 Å². The second-order valence-corrected chi connectivity index (χ2v) is 6.41. The number of nitrogens with one attached hydrogen (secondary N) is 2. The third-order valence-corrected chi connectivity index (χ3v) is 4.57. The van der Waals surface area contributed by atoms with Gasteiger partial charge in [0.1, 0.15) is 0 Å². The lowest BCUT2D eigenvalue weighted by molar-refractivity contribution is -0.119. The minimum absolute atomic E-state index is 0.138. The van der Waals surface area contributed by atoms with Crippen LogP contribution in [0.2, 0.25) is 5.02 Å². The highest BCUT2D eigenvalue weighted by Gasteiger charge is 2.14. The lowest BCUT2D eigenvalue weighted by atomic mass is 10.1. The number of H-pyrrole nitrogens is 1. The first-order valence-electron chi connectivity index (χ1n) is 7.34. The third-order valence-electron chi connectivity index (χ3n) is 3.25. The van der Waals surface area contributed by atoms with Crippen LogP contribution in [0.15, 0.2) is 34.2 Å². The Kier molecular flexibility index (Phi) is 6.29. The first-order chi connectivity index (χ1) is 11.0. The Balaban J connectivity index is 1.93. The molecular formula is C15H19ClN4O2S.